The van der Waals surface area contributed by atoms with Gasteiger partial charge in [0.05, 0.1) is 5.71 Å². The number of aryl methyl sites for hydroxylation is 1. The van der Waals surface area contributed by atoms with E-state index in [4.69, 9.17) is 4.42 Å². The van der Waals surface area contributed by atoms with Gasteiger partial charge in [0, 0.05) is 35.6 Å². The van der Waals surface area contributed by atoms with E-state index in [1.165, 1.54) is 6.07 Å². The number of hydrogen-bond donors (Lipinski definition) is 2. The number of benzene rings is 1. The van der Waals surface area contributed by atoms with E-state index < -0.39 is 5.63 Å². The van der Waals surface area contributed by atoms with Crippen molar-refractivity contribution in [2.75, 3.05) is 12.3 Å². The molecule has 0 fully saturated rings. The van der Waals surface area contributed by atoms with Gasteiger partial charge in [-0.3, -0.25) is 4.99 Å². The van der Waals surface area contributed by atoms with E-state index in [-0.39, 0.29) is 22.3 Å². The molecule has 0 radical (unpaired) electrons. The molecule has 0 unspecified atom stereocenters. The third-order valence-corrected chi connectivity index (χ3v) is 4.96. The van der Waals surface area contributed by atoms with Gasteiger partial charge in [-0.15, -0.1) is 0 Å². The predicted molar refractivity (Wildman–Crippen MR) is 90.7 cm³/mol. The van der Waals surface area contributed by atoms with Crippen LogP contribution in [0.25, 0.3) is 0 Å². The number of para-hydroxylation sites is 1. The van der Waals surface area contributed by atoms with E-state index in [9.17, 15) is 15.0 Å². The van der Waals surface area contributed by atoms with Gasteiger partial charge in [-0.05, 0) is 13.0 Å². The Labute approximate surface area is 137 Å². The fourth-order valence-electron chi connectivity index (χ4n) is 2.68. The smallest absolute Gasteiger partial charge is 0.348 e. The Hall–Kier alpha value is -2.21. The van der Waals surface area contributed by atoms with Gasteiger partial charge in [0.15, 0.2) is 0 Å². The minimum absolute atomic E-state index is 0.0300. The lowest BCUT2D eigenvalue weighted by atomic mass is 10.0. The molecule has 5 nitrogen and oxygen atoms in total. The van der Waals surface area contributed by atoms with Crippen molar-refractivity contribution in [1.82, 2.24) is 0 Å². The van der Waals surface area contributed by atoms with Crippen LogP contribution in [0.15, 0.2) is 44.5 Å². The first-order chi connectivity index (χ1) is 11.1. The Balaban J connectivity index is 1.99. The lowest BCUT2D eigenvalue weighted by Gasteiger charge is -2.16. The number of thioether (sulfide) groups is 1. The summed E-state index contributed by atoms with van der Waals surface area (Å²) in [6.45, 7) is 2.16. The topological polar surface area (TPSA) is 83.0 Å². The first kappa shape index (κ1) is 15.7. The number of phenolic OH excluding ortho intramolecular Hbond substituents is 1. The number of rotatable bonds is 2. The van der Waals surface area contributed by atoms with Crippen molar-refractivity contribution in [3.8, 4) is 11.5 Å². The molecular formula is C17H17NO4S. The normalized spacial score (nSPS) is 18.3. The molecule has 3 rings (SSSR count). The quantitative estimate of drug-likeness (QED) is 0.884. The molecule has 0 saturated carbocycles. The van der Waals surface area contributed by atoms with Gasteiger partial charge in [0.2, 0.25) is 0 Å². The third kappa shape index (κ3) is 3.27. The summed E-state index contributed by atoms with van der Waals surface area (Å²) in [5.74, 6) is 1.25. The summed E-state index contributed by atoms with van der Waals surface area (Å²) < 4.78 is 5.10. The zero-order valence-electron chi connectivity index (χ0n) is 12.7. The Morgan fingerprint density at radius 1 is 1.26 bits per heavy atom. The highest BCUT2D eigenvalue weighted by atomic mass is 32.2. The molecule has 0 amide bonds. The van der Waals surface area contributed by atoms with Gasteiger partial charge < -0.3 is 14.6 Å². The summed E-state index contributed by atoms with van der Waals surface area (Å²) in [6.07, 6.45) is 0.448. The van der Waals surface area contributed by atoms with E-state index in [0.29, 0.717) is 24.4 Å². The van der Waals surface area contributed by atoms with Crippen molar-refractivity contribution < 1.29 is 14.6 Å². The van der Waals surface area contributed by atoms with Gasteiger partial charge >= 0.3 is 5.63 Å². The first-order valence-electron chi connectivity index (χ1n) is 7.33. The van der Waals surface area contributed by atoms with Crippen LogP contribution >= 0.6 is 11.8 Å². The van der Waals surface area contributed by atoms with E-state index in [2.05, 4.69) is 4.99 Å². The number of nitrogens with zero attached hydrogens (tertiary/aromatic N) is 1. The molecule has 2 N–H and O–H groups in total. The summed E-state index contributed by atoms with van der Waals surface area (Å²) in [5, 5.41) is 20.2. The molecule has 0 aliphatic carbocycles. The molecule has 2 heterocycles. The van der Waals surface area contributed by atoms with Crippen LogP contribution < -0.4 is 5.63 Å². The van der Waals surface area contributed by atoms with Crippen LogP contribution in [0.5, 0.6) is 11.5 Å². The van der Waals surface area contributed by atoms with Crippen LogP contribution in [0.4, 0.5) is 0 Å². The summed E-state index contributed by atoms with van der Waals surface area (Å²) in [5.41, 5.74) is 0.875. The van der Waals surface area contributed by atoms with Crippen molar-refractivity contribution >= 4 is 17.5 Å². The number of aromatic hydroxyl groups is 2. The Morgan fingerprint density at radius 2 is 2.04 bits per heavy atom. The summed E-state index contributed by atoms with van der Waals surface area (Å²) in [4.78, 5) is 16.6. The highest BCUT2D eigenvalue weighted by molar-refractivity contribution is 7.99. The molecule has 1 aromatic carbocycles. The van der Waals surface area contributed by atoms with Crippen molar-refractivity contribution in [3.05, 3.63) is 57.6 Å². The number of hydrogen-bond acceptors (Lipinski definition) is 6. The molecule has 1 atom stereocenters. The van der Waals surface area contributed by atoms with Crippen molar-refractivity contribution in [2.45, 2.75) is 18.6 Å². The van der Waals surface area contributed by atoms with Gasteiger partial charge in [0.1, 0.15) is 22.8 Å². The Kier molecular flexibility index (Phi) is 4.43. The van der Waals surface area contributed by atoms with Crippen LogP contribution in [0.2, 0.25) is 0 Å². The standard InChI is InChI=1S/C17H17NO4S/c1-10-8-14(20)16(17(21)22-10)12-9-15(23-7-6-18-12)11-4-2-3-5-13(11)19/h2-5,8,15,19-20H,6-7,9H2,1H3/t15-/m1/s1. The third-order valence-electron chi connectivity index (χ3n) is 3.72. The Bertz CT molecular complexity index is 812. The monoisotopic (exact) mass is 331 g/mol. The average Bonchev–Trinajstić information content (AvgIpc) is 2.73. The summed E-state index contributed by atoms with van der Waals surface area (Å²) in [7, 11) is 0. The maximum Gasteiger partial charge on any atom is 0.348 e. The van der Waals surface area contributed by atoms with Crippen LogP contribution in [0.3, 0.4) is 0 Å². The molecular weight excluding hydrogens is 314 g/mol. The van der Waals surface area contributed by atoms with Crippen LogP contribution in [0, 0.1) is 6.92 Å². The largest absolute Gasteiger partial charge is 0.508 e. The van der Waals surface area contributed by atoms with Crippen molar-refractivity contribution in [2.24, 2.45) is 4.99 Å². The van der Waals surface area contributed by atoms with E-state index in [1.54, 1.807) is 30.8 Å². The predicted octanol–water partition coefficient (Wildman–Crippen LogP) is 3.03. The van der Waals surface area contributed by atoms with E-state index in [0.717, 1.165) is 11.3 Å². The SMILES string of the molecule is Cc1cc(O)c(C2=NCCS[C@@H](c3ccccc3O)C2)c(=O)o1. The molecule has 0 saturated heterocycles. The average molecular weight is 331 g/mol. The lowest BCUT2D eigenvalue weighted by Crippen LogP contribution is -2.17. The van der Waals surface area contributed by atoms with Crippen LogP contribution in [0.1, 0.15) is 28.6 Å². The number of phenols is 1. The summed E-state index contributed by atoms with van der Waals surface area (Å²) in [6, 6.07) is 8.58. The minimum Gasteiger partial charge on any atom is -0.508 e. The first-order valence-corrected chi connectivity index (χ1v) is 8.38. The highest BCUT2D eigenvalue weighted by Crippen LogP contribution is 2.39. The van der Waals surface area contributed by atoms with Gasteiger partial charge in [-0.25, -0.2) is 4.79 Å². The maximum absolute atomic E-state index is 12.1. The summed E-state index contributed by atoms with van der Waals surface area (Å²) >= 11 is 1.68. The molecule has 1 aliphatic rings. The van der Waals surface area contributed by atoms with Gasteiger partial charge in [-0.1, -0.05) is 18.2 Å². The molecule has 0 spiro atoms. The number of aliphatic imine (C=N–C) groups is 1. The van der Waals surface area contributed by atoms with Crippen LogP contribution in [-0.4, -0.2) is 28.2 Å². The van der Waals surface area contributed by atoms with Crippen molar-refractivity contribution in [3.63, 3.8) is 0 Å². The van der Waals surface area contributed by atoms with E-state index >= 15 is 0 Å². The second-order valence-corrected chi connectivity index (χ2v) is 6.67. The van der Waals surface area contributed by atoms with Crippen molar-refractivity contribution in [1.29, 1.82) is 0 Å². The second kappa shape index (κ2) is 6.50. The van der Waals surface area contributed by atoms with Gasteiger partial charge in [0.25, 0.3) is 0 Å². The maximum atomic E-state index is 12.1. The molecule has 2 aromatic rings. The molecule has 0 bridgehead atoms. The fourth-order valence-corrected chi connectivity index (χ4v) is 3.81. The lowest BCUT2D eigenvalue weighted by molar-refractivity contribution is 0.432. The molecule has 1 aliphatic heterocycles. The zero-order valence-corrected chi connectivity index (χ0v) is 13.5. The zero-order chi connectivity index (χ0) is 16.4. The second-order valence-electron chi connectivity index (χ2n) is 5.36. The molecule has 6 heteroatoms. The van der Waals surface area contributed by atoms with Gasteiger partial charge in [-0.2, -0.15) is 11.8 Å². The highest BCUT2D eigenvalue weighted by Gasteiger charge is 2.25. The molecule has 1 aromatic heterocycles. The molecule has 23 heavy (non-hydrogen) atoms. The fraction of sp³-hybridized carbons (Fsp3) is 0.294. The van der Waals surface area contributed by atoms with Crippen LogP contribution in [-0.2, 0) is 0 Å². The molecule has 120 valence electrons. The Morgan fingerprint density at radius 3 is 2.78 bits per heavy atom. The minimum atomic E-state index is -0.579. The van der Waals surface area contributed by atoms with E-state index in [1.807, 2.05) is 12.1 Å².